The average Bonchev–Trinajstić information content (AvgIpc) is 3.10. The first-order chi connectivity index (χ1) is 13.1. The van der Waals surface area contributed by atoms with Gasteiger partial charge in [-0.05, 0) is 63.8 Å². The van der Waals surface area contributed by atoms with Crippen LogP contribution in [0, 0.1) is 13.8 Å². The molecule has 2 heterocycles. The summed E-state index contributed by atoms with van der Waals surface area (Å²) in [6.45, 7) is 3.88. The van der Waals surface area contributed by atoms with E-state index in [0.717, 1.165) is 59.8 Å². The lowest BCUT2D eigenvalue weighted by atomic mass is 9.92. The molecule has 3 aromatic rings. The summed E-state index contributed by atoms with van der Waals surface area (Å²) < 4.78 is 14.3. The molecule has 4 rings (SSSR count). The number of nitrogens with zero attached hydrogens (tertiary/aromatic N) is 4. The van der Waals surface area contributed by atoms with Crippen molar-refractivity contribution in [1.29, 1.82) is 0 Å². The standard InChI is InChI=1S/C19H21N5O2S/c1-11-9-12(2)21-19(20-11)26-15-6-4-14(5-7-15)22-18(25)13-3-8-16-17(10-13)24-27-23-16/h3,8-10,14-15H,4-7H2,1-2H3,(H,22,25). The Hall–Kier alpha value is -2.61. The molecule has 1 saturated carbocycles. The minimum absolute atomic E-state index is 0.0630. The van der Waals surface area contributed by atoms with Crippen molar-refractivity contribution in [3.05, 3.63) is 41.2 Å². The van der Waals surface area contributed by atoms with E-state index in [4.69, 9.17) is 4.74 Å². The monoisotopic (exact) mass is 383 g/mol. The van der Waals surface area contributed by atoms with Crippen LogP contribution in [0.2, 0.25) is 0 Å². The van der Waals surface area contributed by atoms with Gasteiger partial charge in [0, 0.05) is 23.0 Å². The molecule has 0 aliphatic heterocycles. The van der Waals surface area contributed by atoms with Gasteiger partial charge in [0.05, 0.1) is 11.7 Å². The smallest absolute Gasteiger partial charge is 0.317 e. The molecule has 0 atom stereocenters. The van der Waals surface area contributed by atoms with Crippen molar-refractivity contribution in [2.75, 3.05) is 0 Å². The molecule has 1 aliphatic rings. The zero-order chi connectivity index (χ0) is 18.8. The zero-order valence-corrected chi connectivity index (χ0v) is 16.1. The first kappa shape index (κ1) is 17.8. The molecule has 1 fully saturated rings. The van der Waals surface area contributed by atoms with Gasteiger partial charge in [-0.25, -0.2) is 9.97 Å². The van der Waals surface area contributed by atoms with Gasteiger partial charge in [0.15, 0.2) is 0 Å². The Kier molecular flexibility index (Phi) is 4.98. The van der Waals surface area contributed by atoms with Crippen molar-refractivity contribution in [1.82, 2.24) is 24.0 Å². The predicted molar refractivity (Wildman–Crippen MR) is 103 cm³/mol. The molecule has 1 N–H and O–H groups in total. The lowest BCUT2D eigenvalue weighted by molar-refractivity contribution is 0.0885. The van der Waals surface area contributed by atoms with Crippen LogP contribution in [-0.4, -0.2) is 36.8 Å². The highest BCUT2D eigenvalue weighted by atomic mass is 32.1. The maximum atomic E-state index is 12.5. The summed E-state index contributed by atoms with van der Waals surface area (Å²) >= 11 is 1.16. The number of carbonyl (C=O) groups excluding carboxylic acids is 1. The van der Waals surface area contributed by atoms with Gasteiger partial charge in [-0.1, -0.05) is 0 Å². The van der Waals surface area contributed by atoms with E-state index in [2.05, 4.69) is 24.0 Å². The predicted octanol–water partition coefficient (Wildman–Crippen LogP) is 3.22. The first-order valence-corrected chi connectivity index (χ1v) is 9.82. The van der Waals surface area contributed by atoms with E-state index in [0.29, 0.717) is 11.6 Å². The molecule has 8 heteroatoms. The van der Waals surface area contributed by atoms with Crippen molar-refractivity contribution < 1.29 is 9.53 Å². The summed E-state index contributed by atoms with van der Waals surface area (Å²) in [6, 6.07) is 7.96. The lowest BCUT2D eigenvalue weighted by Crippen LogP contribution is -2.39. The Labute approximate surface area is 161 Å². The van der Waals surface area contributed by atoms with Gasteiger partial charge in [-0.2, -0.15) is 8.75 Å². The normalized spacial score (nSPS) is 19.8. The number of hydrogen-bond acceptors (Lipinski definition) is 7. The second kappa shape index (κ2) is 7.56. The fraction of sp³-hybridized carbons (Fsp3) is 0.421. The van der Waals surface area contributed by atoms with Crippen LogP contribution in [0.4, 0.5) is 0 Å². The Balaban J connectivity index is 1.31. The van der Waals surface area contributed by atoms with Crippen molar-refractivity contribution in [2.24, 2.45) is 0 Å². The number of nitrogens with one attached hydrogen (secondary N) is 1. The van der Waals surface area contributed by atoms with Crippen molar-refractivity contribution in [3.63, 3.8) is 0 Å². The van der Waals surface area contributed by atoms with E-state index in [1.807, 2.05) is 26.0 Å². The third kappa shape index (κ3) is 4.21. The molecule has 0 bridgehead atoms. The zero-order valence-electron chi connectivity index (χ0n) is 15.3. The fourth-order valence-corrected chi connectivity index (χ4v) is 3.93. The third-order valence-electron chi connectivity index (χ3n) is 4.76. The van der Waals surface area contributed by atoms with Crippen LogP contribution in [0.1, 0.15) is 47.4 Å². The molecule has 27 heavy (non-hydrogen) atoms. The van der Waals surface area contributed by atoms with E-state index in [1.165, 1.54) is 0 Å². The number of aromatic nitrogens is 4. The number of amides is 1. The van der Waals surface area contributed by atoms with Gasteiger partial charge in [0.25, 0.3) is 5.91 Å². The maximum Gasteiger partial charge on any atom is 0.317 e. The van der Waals surface area contributed by atoms with Gasteiger partial charge in [-0.15, -0.1) is 0 Å². The molecule has 0 unspecified atom stereocenters. The average molecular weight is 383 g/mol. The molecule has 2 aromatic heterocycles. The van der Waals surface area contributed by atoms with E-state index < -0.39 is 0 Å². The highest BCUT2D eigenvalue weighted by Crippen LogP contribution is 2.23. The second-order valence-electron chi connectivity index (χ2n) is 6.97. The number of hydrogen-bond donors (Lipinski definition) is 1. The van der Waals surface area contributed by atoms with Crippen molar-refractivity contribution in [2.45, 2.75) is 51.7 Å². The summed E-state index contributed by atoms with van der Waals surface area (Å²) in [6.07, 6.45) is 3.59. The molecule has 0 spiro atoms. The largest absolute Gasteiger partial charge is 0.460 e. The van der Waals surface area contributed by atoms with Gasteiger partial charge >= 0.3 is 6.01 Å². The number of rotatable bonds is 4. The minimum Gasteiger partial charge on any atom is -0.460 e. The fourth-order valence-electron chi connectivity index (χ4n) is 3.41. The number of fused-ring (bicyclic) bond motifs is 1. The summed E-state index contributed by atoms with van der Waals surface area (Å²) in [4.78, 5) is 21.2. The molecule has 7 nitrogen and oxygen atoms in total. The van der Waals surface area contributed by atoms with Gasteiger partial charge in [0.1, 0.15) is 17.1 Å². The van der Waals surface area contributed by atoms with Crippen LogP contribution in [0.5, 0.6) is 6.01 Å². The molecular weight excluding hydrogens is 362 g/mol. The lowest BCUT2D eigenvalue weighted by Gasteiger charge is -2.29. The van der Waals surface area contributed by atoms with Crippen LogP contribution in [0.15, 0.2) is 24.3 Å². The van der Waals surface area contributed by atoms with Crippen LogP contribution in [0.25, 0.3) is 11.0 Å². The highest BCUT2D eigenvalue weighted by Gasteiger charge is 2.25. The van der Waals surface area contributed by atoms with Gasteiger partial charge in [0.2, 0.25) is 0 Å². The number of ether oxygens (including phenoxy) is 1. The Morgan fingerprint density at radius 1 is 1.04 bits per heavy atom. The third-order valence-corrected chi connectivity index (χ3v) is 5.32. The van der Waals surface area contributed by atoms with Gasteiger partial charge < -0.3 is 10.1 Å². The number of carbonyl (C=O) groups is 1. The maximum absolute atomic E-state index is 12.5. The van der Waals surface area contributed by atoms with Gasteiger partial charge in [-0.3, -0.25) is 4.79 Å². The van der Waals surface area contributed by atoms with E-state index in [1.54, 1.807) is 12.1 Å². The van der Waals surface area contributed by atoms with Crippen molar-refractivity contribution >= 4 is 28.7 Å². The van der Waals surface area contributed by atoms with E-state index in [9.17, 15) is 4.79 Å². The second-order valence-corrected chi connectivity index (χ2v) is 7.49. The molecule has 1 aliphatic carbocycles. The van der Waals surface area contributed by atoms with E-state index in [-0.39, 0.29) is 18.1 Å². The Morgan fingerprint density at radius 3 is 2.48 bits per heavy atom. The number of benzene rings is 1. The minimum atomic E-state index is -0.0630. The number of aryl methyl sites for hydroxylation is 2. The first-order valence-electron chi connectivity index (χ1n) is 9.09. The summed E-state index contributed by atoms with van der Waals surface area (Å²) in [5.41, 5.74) is 4.02. The van der Waals surface area contributed by atoms with Crippen LogP contribution >= 0.6 is 11.7 Å². The molecular formula is C19H21N5O2S. The van der Waals surface area contributed by atoms with Crippen LogP contribution < -0.4 is 10.1 Å². The topological polar surface area (TPSA) is 89.9 Å². The Morgan fingerprint density at radius 2 is 1.74 bits per heavy atom. The molecule has 0 radical (unpaired) electrons. The molecule has 0 saturated heterocycles. The SMILES string of the molecule is Cc1cc(C)nc(OC2CCC(NC(=O)c3ccc4nsnc4c3)CC2)n1. The Bertz CT molecular complexity index is 945. The molecule has 1 amide bonds. The summed E-state index contributed by atoms with van der Waals surface area (Å²) in [5, 5.41) is 3.12. The quantitative estimate of drug-likeness (QED) is 0.744. The molecule has 1 aromatic carbocycles. The van der Waals surface area contributed by atoms with Crippen LogP contribution in [-0.2, 0) is 0 Å². The molecule has 140 valence electrons. The summed E-state index contributed by atoms with van der Waals surface area (Å²) in [7, 11) is 0. The van der Waals surface area contributed by atoms with E-state index >= 15 is 0 Å². The highest BCUT2D eigenvalue weighted by molar-refractivity contribution is 7.00. The van der Waals surface area contributed by atoms with Crippen molar-refractivity contribution in [3.8, 4) is 6.01 Å². The van der Waals surface area contributed by atoms with Crippen LogP contribution in [0.3, 0.4) is 0 Å². The summed E-state index contributed by atoms with van der Waals surface area (Å²) in [5.74, 6) is -0.0630.